The Bertz CT molecular complexity index is 273. The third-order valence-electron chi connectivity index (χ3n) is 2.82. The molecule has 2 heterocycles. The van der Waals surface area contributed by atoms with Gasteiger partial charge in [-0.05, 0) is 26.3 Å². The molecule has 1 aromatic heterocycles. The smallest absolute Gasteiger partial charge is 0.143 e. The van der Waals surface area contributed by atoms with Crippen LogP contribution in [-0.4, -0.2) is 21.3 Å². The second kappa shape index (κ2) is 4.55. The molecule has 0 bridgehead atoms. The van der Waals surface area contributed by atoms with Crippen molar-refractivity contribution in [2.45, 2.75) is 45.2 Å². The van der Waals surface area contributed by atoms with Crippen LogP contribution in [0.5, 0.6) is 0 Å². The van der Waals surface area contributed by atoms with Gasteiger partial charge in [0.15, 0.2) is 0 Å². The molecule has 0 aliphatic carbocycles. The van der Waals surface area contributed by atoms with Gasteiger partial charge >= 0.3 is 0 Å². The summed E-state index contributed by atoms with van der Waals surface area (Å²) in [6.07, 6.45) is 6.78. The SMILES string of the molecule is CCn1ncnc1C1CCCCCN1. The lowest BCUT2D eigenvalue weighted by atomic mass is 10.1. The molecule has 0 spiro atoms. The zero-order valence-electron chi connectivity index (χ0n) is 8.74. The van der Waals surface area contributed by atoms with Gasteiger partial charge in [-0.2, -0.15) is 5.10 Å². The summed E-state index contributed by atoms with van der Waals surface area (Å²) < 4.78 is 1.99. The second-order valence-electron chi connectivity index (χ2n) is 3.79. The Hall–Kier alpha value is -0.900. The first-order valence-corrected chi connectivity index (χ1v) is 5.53. The Morgan fingerprint density at radius 2 is 2.43 bits per heavy atom. The first kappa shape index (κ1) is 9.65. The van der Waals surface area contributed by atoms with Crippen LogP contribution in [0.25, 0.3) is 0 Å². The standard InChI is InChI=1S/C10H18N4/c1-2-14-10(12-8-13-14)9-6-4-3-5-7-11-9/h8-9,11H,2-7H2,1H3. The van der Waals surface area contributed by atoms with E-state index in [1.165, 1.54) is 25.7 Å². The molecule has 0 saturated carbocycles. The summed E-state index contributed by atoms with van der Waals surface area (Å²) in [5.41, 5.74) is 0. The molecule has 4 nitrogen and oxygen atoms in total. The Balaban J connectivity index is 2.11. The van der Waals surface area contributed by atoms with E-state index in [1.54, 1.807) is 6.33 Å². The van der Waals surface area contributed by atoms with Crippen LogP contribution < -0.4 is 5.32 Å². The average Bonchev–Trinajstić information content (AvgIpc) is 2.52. The number of hydrogen-bond donors (Lipinski definition) is 1. The van der Waals surface area contributed by atoms with Crippen molar-refractivity contribution in [2.24, 2.45) is 0 Å². The Morgan fingerprint density at radius 1 is 1.50 bits per heavy atom. The summed E-state index contributed by atoms with van der Waals surface area (Å²) in [6, 6.07) is 0.417. The Morgan fingerprint density at radius 3 is 3.29 bits per heavy atom. The van der Waals surface area contributed by atoms with Gasteiger partial charge in [-0.25, -0.2) is 9.67 Å². The summed E-state index contributed by atoms with van der Waals surface area (Å²) in [6.45, 7) is 4.13. The van der Waals surface area contributed by atoms with Crippen LogP contribution in [0.15, 0.2) is 6.33 Å². The minimum atomic E-state index is 0.417. The fraction of sp³-hybridized carbons (Fsp3) is 0.800. The number of aromatic nitrogens is 3. The van der Waals surface area contributed by atoms with Crippen molar-refractivity contribution in [3.63, 3.8) is 0 Å². The molecule has 1 aliphatic heterocycles. The highest BCUT2D eigenvalue weighted by Gasteiger charge is 2.18. The third kappa shape index (κ3) is 1.95. The molecule has 0 amide bonds. The van der Waals surface area contributed by atoms with Crippen molar-refractivity contribution in [1.82, 2.24) is 20.1 Å². The molecule has 1 saturated heterocycles. The maximum Gasteiger partial charge on any atom is 0.143 e. The minimum absolute atomic E-state index is 0.417. The van der Waals surface area contributed by atoms with E-state index in [0.717, 1.165) is 18.9 Å². The number of nitrogens with one attached hydrogen (secondary N) is 1. The van der Waals surface area contributed by atoms with Gasteiger partial charge in [0, 0.05) is 6.54 Å². The van der Waals surface area contributed by atoms with E-state index >= 15 is 0 Å². The predicted molar refractivity (Wildman–Crippen MR) is 54.9 cm³/mol. The van der Waals surface area contributed by atoms with Gasteiger partial charge in [0.05, 0.1) is 6.04 Å². The maximum atomic E-state index is 4.34. The molecule has 1 aliphatic rings. The second-order valence-corrected chi connectivity index (χ2v) is 3.79. The normalized spacial score (nSPS) is 23.4. The van der Waals surface area contributed by atoms with Crippen LogP contribution in [0, 0.1) is 0 Å². The van der Waals surface area contributed by atoms with Gasteiger partial charge in [-0.3, -0.25) is 0 Å². The van der Waals surface area contributed by atoms with E-state index < -0.39 is 0 Å². The van der Waals surface area contributed by atoms with Crippen molar-refractivity contribution in [1.29, 1.82) is 0 Å². The van der Waals surface area contributed by atoms with Gasteiger partial charge in [-0.15, -0.1) is 0 Å². The van der Waals surface area contributed by atoms with Crippen molar-refractivity contribution in [3.8, 4) is 0 Å². The van der Waals surface area contributed by atoms with Gasteiger partial charge < -0.3 is 5.32 Å². The lowest BCUT2D eigenvalue weighted by molar-refractivity contribution is 0.468. The Labute approximate surface area is 84.7 Å². The maximum absolute atomic E-state index is 4.34. The summed E-state index contributed by atoms with van der Waals surface area (Å²) in [7, 11) is 0. The summed E-state index contributed by atoms with van der Waals surface area (Å²) in [4.78, 5) is 4.34. The number of nitrogens with zero attached hydrogens (tertiary/aromatic N) is 3. The van der Waals surface area contributed by atoms with Crippen molar-refractivity contribution >= 4 is 0 Å². The molecule has 1 N–H and O–H groups in total. The van der Waals surface area contributed by atoms with Crippen LogP contribution in [0.2, 0.25) is 0 Å². The fourth-order valence-electron chi connectivity index (χ4n) is 2.04. The van der Waals surface area contributed by atoms with E-state index in [4.69, 9.17) is 0 Å². The first-order valence-electron chi connectivity index (χ1n) is 5.53. The lowest BCUT2D eigenvalue weighted by Crippen LogP contribution is -2.24. The van der Waals surface area contributed by atoms with Gasteiger partial charge in [0.1, 0.15) is 12.2 Å². The van der Waals surface area contributed by atoms with Crippen LogP contribution >= 0.6 is 0 Å². The first-order chi connectivity index (χ1) is 6.92. The molecule has 1 aromatic rings. The van der Waals surface area contributed by atoms with E-state index in [0.29, 0.717) is 6.04 Å². The molecule has 2 rings (SSSR count). The fourth-order valence-corrected chi connectivity index (χ4v) is 2.04. The highest BCUT2D eigenvalue weighted by Crippen LogP contribution is 2.20. The van der Waals surface area contributed by atoms with E-state index in [2.05, 4.69) is 22.3 Å². The molecular formula is C10H18N4. The van der Waals surface area contributed by atoms with Gasteiger partial charge in [0.2, 0.25) is 0 Å². The van der Waals surface area contributed by atoms with E-state index in [-0.39, 0.29) is 0 Å². The van der Waals surface area contributed by atoms with Crippen molar-refractivity contribution in [2.75, 3.05) is 6.54 Å². The number of rotatable bonds is 2. The molecule has 1 fully saturated rings. The quantitative estimate of drug-likeness (QED) is 0.776. The molecular weight excluding hydrogens is 176 g/mol. The summed E-state index contributed by atoms with van der Waals surface area (Å²) in [5.74, 6) is 1.11. The van der Waals surface area contributed by atoms with Gasteiger partial charge in [0.25, 0.3) is 0 Å². The molecule has 14 heavy (non-hydrogen) atoms. The molecule has 0 aromatic carbocycles. The zero-order valence-corrected chi connectivity index (χ0v) is 8.74. The number of aryl methyl sites for hydroxylation is 1. The highest BCUT2D eigenvalue weighted by molar-refractivity contribution is 4.95. The van der Waals surface area contributed by atoms with Crippen LogP contribution in [0.1, 0.15) is 44.5 Å². The van der Waals surface area contributed by atoms with Crippen molar-refractivity contribution < 1.29 is 0 Å². The minimum Gasteiger partial charge on any atom is -0.307 e. The molecule has 78 valence electrons. The average molecular weight is 194 g/mol. The van der Waals surface area contributed by atoms with Crippen LogP contribution in [0.4, 0.5) is 0 Å². The summed E-state index contributed by atoms with van der Waals surface area (Å²) in [5, 5.41) is 7.74. The third-order valence-corrected chi connectivity index (χ3v) is 2.82. The monoisotopic (exact) mass is 194 g/mol. The Kier molecular flexibility index (Phi) is 3.14. The molecule has 1 unspecified atom stereocenters. The number of hydrogen-bond acceptors (Lipinski definition) is 3. The lowest BCUT2D eigenvalue weighted by Gasteiger charge is -2.15. The van der Waals surface area contributed by atoms with Gasteiger partial charge in [-0.1, -0.05) is 12.8 Å². The molecule has 4 heteroatoms. The zero-order chi connectivity index (χ0) is 9.80. The predicted octanol–water partition coefficient (Wildman–Crippen LogP) is 1.50. The van der Waals surface area contributed by atoms with E-state index in [1.807, 2.05) is 4.68 Å². The van der Waals surface area contributed by atoms with Crippen LogP contribution in [-0.2, 0) is 6.54 Å². The summed E-state index contributed by atoms with van der Waals surface area (Å²) >= 11 is 0. The molecule has 0 radical (unpaired) electrons. The van der Waals surface area contributed by atoms with Crippen molar-refractivity contribution in [3.05, 3.63) is 12.2 Å². The largest absolute Gasteiger partial charge is 0.307 e. The highest BCUT2D eigenvalue weighted by atomic mass is 15.3. The van der Waals surface area contributed by atoms with E-state index in [9.17, 15) is 0 Å². The topological polar surface area (TPSA) is 42.7 Å². The molecule has 1 atom stereocenters. The van der Waals surface area contributed by atoms with Crippen LogP contribution in [0.3, 0.4) is 0 Å².